The molecule has 0 aliphatic rings. The maximum absolute atomic E-state index is 5.56. The molecule has 7 heteroatoms. The highest BCUT2D eigenvalue weighted by molar-refractivity contribution is 5.79. The second-order valence-electron chi connectivity index (χ2n) is 6.17. The lowest BCUT2D eigenvalue weighted by Crippen LogP contribution is -2.36. The van der Waals surface area contributed by atoms with Crippen molar-refractivity contribution in [3.05, 3.63) is 66.2 Å². The SMILES string of the molecule is CN=C(NCc1cccc(N(C)C)n1)NCc1coc(-c2ccccc2)n1. The molecular weight excluding hydrogens is 340 g/mol. The van der Waals surface area contributed by atoms with E-state index in [-0.39, 0.29) is 0 Å². The summed E-state index contributed by atoms with van der Waals surface area (Å²) in [6.07, 6.45) is 1.66. The van der Waals surface area contributed by atoms with Crippen LogP contribution in [0.4, 0.5) is 5.82 Å². The summed E-state index contributed by atoms with van der Waals surface area (Å²) in [4.78, 5) is 15.3. The summed E-state index contributed by atoms with van der Waals surface area (Å²) in [6, 6.07) is 15.8. The van der Waals surface area contributed by atoms with Crippen LogP contribution >= 0.6 is 0 Å². The van der Waals surface area contributed by atoms with E-state index in [0.29, 0.717) is 24.9 Å². The van der Waals surface area contributed by atoms with Gasteiger partial charge in [0.25, 0.3) is 0 Å². The minimum Gasteiger partial charge on any atom is -0.444 e. The molecule has 0 bridgehead atoms. The standard InChI is InChI=1S/C20H24N6O/c1-21-20(22-12-16-10-7-11-18(24-16)26(2)3)23-13-17-14-27-19(25-17)15-8-5-4-6-9-15/h4-11,14H,12-13H2,1-3H3,(H2,21,22,23). The normalized spacial score (nSPS) is 11.3. The van der Waals surface area contributed by atoms with E-state index in [1.807, 2.05) is 67.5 Å². The molecule has 7 nitrogen and oxygen atoms in total. The van der Waals surface area contributed by atoms with Crippen molar-refractivity contribution in [2.75, 3.05) is 26.0 Å². The fraction of sp³-hybridized carbons (Fsp3) is 0.250. The summed E-state index contributed by atoms with van der Waals surface area (Å²) in [5.41, 5.74) is 2.71. The third-order valence-corrected chi connectivity index (χ3v) is 3.92. The molecule has 0 radical (unpaired) electrons. The zero-order chi connectivity index (χ0) is 19.1. The van der Waals surface area contributed by atoms with Crippen LogP contribution in [0.25, 0.3) is 11.5 Å². The molecule has 0 aliphatic heterocycles. The van der Waals surface area contributed by atoms with Gasteiger partial charge in [0.15, 0.2) is 5.96 Å². The van der Waals surface area contributed by atoms with Crippen molar-refractivity contribution in [1.82, 2.24) is 20.6 Å². The molecule has 0 atom stereocenters. The fourth-order valence-corrected chi connectivity index (χ4v) is 2.49. The zero-order valence-electron chi connectivity index (χ0n) is 15.8. The van der Waals surface area contributed by atoms with Gasteiger partial charge in [0.05, 0.1) is 24.5 Å². The van der Waals surface area contributed by atoms with Crippen LogP contribution in [0, 0.1) is 0 Å². The lowest BCUT2D eigenvalue weighted by Gasteiger charge is -2.14. The van der Waals surface area contributed by atoms with E-state index in [1.165, 1.54) is 0 Å². The number of nitrogens with zero attached hydrogens (tertiary/aromatic N) is 4. The Kier molecular flexibility index (Phi) is 6.04. The van der Waals surface area contributed by atoms with Crippen LogP contribution in [-0.2, 0) is 13.1 Å². The molecule has 140 valence electrons. The van der Waals surface area contributed by atoms with Crippen LogP contribution in [0.15, 0.2) is 64.2 Å². The molecule has 2 aromatic heterocycles. The highest BCUT2D eigenvalue weighted by Gasteiger charge is 2.07. The van der Waals surface area contributed by atoms with Crippen LogP contribution < -0.4 is 15.5 Å². The van der Waals surface area contributed by atoms with Gasteiger partial charge in [-0.1, -0.05) is 24.3 Å². The zero-order valence-corrected chi connectivity index (χ0v) is 15.8. The Labute approximate surface area is 159 Å². The van der Waals surface area contributed by atoms with Crippen molar-refractivity contribution in [2.45, 2.75) is 13.1 Å². The van der Waals surface area contributed by atoms with E-state index in [9.17, 15) is 0 Å². The van der Waals surface area contributed by atoms with Crippen molar-refractivity contribution >= 4 is 11.8 Å². The molecule has 0 saturated heterocycles. The Hall–Kier alpha value is -3.35. The first-order valence-electron chi connectivity index (χ1n) is 8.73. The van der Waals surface area contributed by atoms with Crippen LogP contribution in [-0.4, -0.2) is 37.1 Å². The van der Waals surface area contributed by atoms with Gasteiger partial charge in [-0.3, -0.25) is 4.99 Å². The first-order chi connectivity index (χ1) is 13.2. The summed E-state index contributed by atoms with van der Waals surface area (Å²) < 4.78 is 5.56. The summed E-state index contributed by atoms with van der Waals surface area (Å²) in [6.45, 7) is 1.09. The number of aromatic nitrogens is 2. The Bertz CT molecular complexity index is 888. The summed E-state index contributed by atoms with van der Waals surface area (Å²) in [5, 5.41) is 6.50. The number of pyridine rings is 1. The molecule has 0 spiro atoms. The van der Waals surface area contributed by atoms with E-state index in [4.69, 9.17) is 4.42 Å². The van der Waals surface area contributed by atoms with Gasteiger partial charge in [-0.2, -0.15) is 0 Å². The van der Waals surface area contributed by atoms with Gasteiger partial charge >= 0.3 is 0 Å². The molecular formula is C20H24N6O. The molecule has 27 heavy (non-hydrogen) atoms. The number of nitrogens with one attached hydrogen (secondary N) is 2. The molecule has 0 aliphatic carbocycles. The second kappa shape index (κ2) is 8.84. The first-order valence-corrected chi connectivity index (χ1v) is 8.73. The predicted octanol–water partition coefficient (Wildman–Crippen LogP) is 2.67. The van der Waals surface area contributed by atoms with Gasteiger partial charge in [0, 0.05) is 26.7 Å². The van der Waals surface area contributed by atoms with Crippen molar-refractivity contribution in [3.63, 3.8) is 0 Å². The monoisotopic (exact) mass is 364 g/mol. The maximum atomic E-state index is 5.56. The van der Waals surface area contributed by atoms with Crippen molar-refractivity contribution < 1.29 is 4.42 Å². The number of benzene rings is 1. The Balaban J connectivity index is 1.54. The first kappa shape index (κ1) is 18.4. The second-order valence-corrected chi connectivity index (χ2v) is 6.17. The average Bonchev–Trinajstić information content (AvgIpc) is 3.18. The summed E-state index contributed by atoms with van der Waals surface area (Å²) in [7, 11) is 5.68. The number of guanidine groups is 1. The summed E-state index contributed by atoms with van der Waals surface area (Å²) >= 11 is 0. The smallest absolute Gasteiger partial charge is 0.226 e. The molecule has 2 heterocycles. The lowest BCUT2D eigenvalue weighted by atomic mass is 10.2. The molecule has 0 saturated carbocycles. The van der Waals surface area contributed by atoms with E-state index < -0.39 is 0 Å². The average molecular weight is 364 g/mol. The number of anilines is 1. The van der Waals surface area contributed by atoms with E-state index in [0.717, 1.165) is 22.8 Å². The van der Waals surface area contributed by atoms with Crippen LogP contribution in [0.3, 0.4) is 0 Å². The third-order valence-electron chi connectivity index (χ3n) is 3.92. The number of rotatable bonds is 6. The van der Waals surface area contributed by atoms with E-state index in [2.05, 4.69) is 25.6 Å². The molecule has 3 aromatic rings. The predicted molar refractivity (Wildman–Crippen MR) is 108 cm³/mol. The van der Waals surface area contributed by atoms with Gasteiger partial charge < -0.3 is 20.0 Å². The highest BCUT2D eigenvalue weighted by atomic mass is 16.3. The topological polar surface area (TPSA) is 78.6 Å². The largest absolute Gasteiger partial charge is 0.444 e. The minimum atomic E-state index is 0.515. The van der Waals surface area contributed by atoms with Gasteiger partial charge in [-0.15, -0.1) is 0 Å². The Morgan fingerprint density at radius 1 is 0.963 bits per heavy atom. The fourth-order valence-electron chi connectivity index (χ4n) is 2.49. The van der Waals surface area contributed by atoms with Gasteiger partial charge in [-0.25, -0.2) is 9.97 Å². The van der Waals surface area contributed by atoms with Gasteiger partial charge in [0.1, 0.15) is 12.1 Å². The van der Waals surface area contributed by atoms with Crippen LogP contribution in [0.1, 0.15) is 11.4 Å². The molecule has 0 amide bonds. The van der Waals surface area contributed by atoms with Gasteiger partial charge in [0.2, 0.25) is 5.89 Å². The van der Waals surface area contributed by atoms with Crippen molar-refractivity contribution in [2.24, 2.45) is 4.99 Å². The third kappa shape index (κ3) is 5.07. The van der Waals surface area contributed by atoms with E-state index in [1.54, 1.807) is 13.3 Å². The van der Waals surface area contributed by atoms with Crippen molar-refractivity contribution in [1.29, 1.82) is 0 Å². The highest BCUT2D eigenvalue weighted by Crippen LogP contribution is 2.17. The summed E-state index contributed by atoms with van der Waals surface area (Å²) in [5.74, 6) is 2.21. The quantitative estimate of drug-likeness (QED) is 0.517. The number of hydrogen-bond acceptors (Lipinski definition) is 5. The molecule has 0 fully saturated rings. The molecule has 1 aromatic carbocycles. The van der Waals surface area contributed by atoms with Crippen LogP contribution in [0.2, 0.25) is 0 Å². The van der Waals surface area contributed by atoms with Gasteiger partial charge in [-0.05, 0) is 24.3 Å². The lowest BCUT2D eigenvalue weighted by molar-refractivity contribution is 0.572. The Morgan fingerprint density at radius 2 is 1.70 bits per heavy atom. The molecule has 2 N–H and O–H groups in total. The molecule has 3 rings (SSSR count). The molecule has 0 unspecified atom stereocenters. The minimum absolute atomic E-state index is 0.515. The number of oxazole rings is 1. The number of aliphatic imine (C=N–C) groups is 1. The maximum Gasteiger partial charge on any atom is 0.226 e. The number of hydrogen-bond donors (Lipinski definition) is 2. The Morgan fingerprint density at radius 3 is 2.41 bits per heavy atom. The van der Waals surface area contributed by atoms with E-state index >= 15 is 0 Å². The van der Waals surface area contributed by atoms with Crippen LogP contribution in [0.5, 0.6) is 0 Å². The van der Waals surface area contributed by atoms with Crippen molar-refractivity contribution in [3.8, 4) is 11.5 Å².